The van der Waals surface area contributed by atoms with Crippen molar-refractivity contribution in [2.24, 2.45) is 5.92 Å². The van der Waals surface area contributed by atoms with E-state index in [4.69, 9.17) is 0 Å². The van der Waals surface area contributed by atoms with Crippen LogP contribution in [0.4, 0.5) is 0 Å². The van der Waals surface area contributed by atoms with Gasteiger partial charge in [0.1, 0.15) is 0 Å². The third-order valence-corrected chi connectivity index (χ3v) is 6.66. The van der Waals surface area contributed by atoms with Crippen LogP contribution in [0.3, 0.4) is 0 Å². The van der Waals surface area contributed by atoms with Crippen LogP contribution in [0.1, 0.15) is 17.5 Å². The third kappa shape index (κ3) is 4.29. The highest BCUT2D eigenvalue weighted by molar-refractivity contribution is 7.91. The molecule has 7 heteroatoms. The molecule has 0 radical (unpaired) electrons. The van der Waals surface area contributed by atoms with Gasteiger partial charge in [0.05, 0.1) is 17.3 Å². The van der Waals surface area contributed by atoms with Crippen LogP contribution in [-0.4, -0.2) is 34.9 Å². The molecule has 1 atom stereocenters. The van der Waals surface area contributed by atoms with Gasteiger partial charge in [0.25, 0.3) is 0 Å². The predicted octanol–water partition coefficient (Wildman–Crippen LogP) is 0.849. The van der Waals surface area contributed by atoms with E-state index in [9.17, 15) is 16.8 Å². The third-order valence-electron chi connectivity index (χ3n) is 3.53. The summed E-state index contributed by atoms with van der Waals surface area (Å²) < 4.78 is 49.2. The first-order valence-electron chi connectivity index (χ1n) is 6.50. The van der Waals surface area contributed by atoms with Crippen molar-refractivity contribution in [3.8, 4) is 0 Å². The van der Waals surface area contributed by atoms with Crippen LogP contribution in [0.2, 0.25) is 0 Å². The SMILES string of the molecule is Cc1ccccc1CS(=O)(=O)NCC1CCS(=O)(=O)C1. The first kappa shape index (κ1) is 15.5. The molecule has 0 aliphatic carbocycles. The summed E-state index contributed by atoms with van der Waals surface area (Å²) in [5.41, 5.74) is 1.69. The quantitative estimate of drug-likeness (QED) is 0.873. The van der Waals surface area contributed by atoms with E-state index in [0.717, 1.165) is 11.1 Å². The van der Waals surface area contributed by atoms with Crippen molar-refractivity contribution < 1.29 is 16.8 Å². The van der Waals surface area contributed by atoms with Gasteiger partial charge in [-0.2, -0.15) is 0 Å². The average Bonchev–Trinajstić information content (AvgIpc) is 2.70. The molecule has 1 N–H and O–H groups in total. The fourth-order valence-electron chi connectivity index (χ4n) is 2.31. The number of hydrogen-bond acceptors (Lipinski definition) is 4. The smallest absolute Gasteiger partial charge is 0.215 e. The molecule has 0 aromatic heterocycles. The van der Waals surface area contributed by atoms with Crippen LogP contribution in [0, 0.1) is 12.8 Å². The molecule has 1 aromatic carbocycles. The topological polar surface area (TPSA) is 80.3 Å². The molecule has 20 heavy (non-hydrogen) atoms. The molecule has 112 valence electrons. The van der Waals surface area contributed by atoms with E-state index in [1.807, 2.05) is 19.1 Å². The van der Waals surface area contributed by atoms with Gasteiger partial charge in [-0.05, 0) is 30.4 Å². The summed E-state index contributed by atoms with van der Waals surface area (Å²) in [4.78, 5) is 0. The van der Waals surface area contributed by atoms with E-state index in [1.165, 1.54) is 0 Å². The normalized spacial score (nSPS) is 21.9. The Hall–Kier alpha value is -0.920. The Morgan fingerprint density at radius 3 is 2.60 bits per heavy atom. The van der Waals surface area contributed by atoms with Gasteiger partial charge in [-0.1, -0.05) is 24.3 Å². The summed E-state index contributed by atoms with van der Waals surface area (Å²) in [6.07, 6.45) is 0.537. The number of nitrogens with one attached hydrogen (secondary N) is 1. The fourth-order valence-corrected chi connectivity index (χ4v) is 5.49. The second kappa shape index (κ2) is 5.83. The summed E-state index contributed by atoms with van der Waals surface area (Å²) in [7, 11) is -6.39. The summed E-state index contributed by atoms with van der Waals surface area (Å²) in [6.45, 7) is 2.07. The lowest BCUT2D eigenvalue weighted by Crippen LogP contribution is -2.31. The summed E-state index contributed by atoms with van der Waals surface area (Å²) in [5.74, 6) is 0.0718. The molecule has 1 fully saturated rings. The van der Waals surface area contributed by atoms with E-state index in [2.05, 4.69) is 4.72 Å². The van der Waals surface area contributed by atoms with Crippen molar-refractivity contribution in [2.75, 3.05) is 18.1 Å². The highest BCUT2D eigenvalue weighted by atomic mass is 32.2. The second-order valence-electron chi connectivity index (χ2n) is 5.30. The molecular weight excluding hydrogens is 298 g/mol. The molecule has 1 saturated heterocycles. The van der Waals surface area contributed by atoms with Crippen molar-refractivity contribution in [3.63, 3.8) is 0 Å². The van der Waals surface area contributed by atoms with E-state index < -0.39 is 19.9 Å². The molecular formula is C13H19NO4S2. The number of sulfonamides is 1. The molecule has 0 spiro atoms. The molecule has 1 heterocycles. The highest BCUT2D eigenvalue weighted by Crippen LogP contribution is 2.18. The van der Waals surface area contributed by atoms with Gasteiger partial charge in [-0.3, -0.25) is 0 Å². The van der Waals surface area contributed by atoms with Crippen molar-refractivity contribution in [2.45, 2.75) is 19.1 Å². The number of hydrogen-bond donors (Lipinski definition) is 1. The first-order valence-corrected chi connectivity index (χ1v) is 9.97. The average molecular weight is 317 g/mol. The summed E-state index contributed by atoms with van der Waals surface area (Å²) >= 11 is 0. The number of rotatable bonds is 5. The number of sulfone groups is 1. The molecule has 1 aromatic rings. The number of aryl methyl sites for hydroxylation is 1. The zero-order chi connectivity index (χ0) is 14.8. The van der Waals surface area contributed by atoms with Crippen LogP contribution in [0.15, 0.2) is 24.3 Å². The second-order valence-corrected chi connectivity index (χ2v) is 9.34. The van der Waals surface area contributed by atoms with Gasteiger partial charge >= 0.3 is 0 Å². The minimum atomic E-state index is -3.43. The highest BCUT2D eigenvalue weighted by Gasteiger charge is 2.28. The fraction of sp³-hybridized carbons (Fsp3) is 0.538. The minimum absolute atomic E-state index is 0.0703. The maximum Gasteiger partial charge on any atom is 0.215 e. The molecule has 1 aliphatic heterocycles. The molecule has 5 nitrogen and oxygen atoms in total. The van der Waals surface area contributed by atoms with Crippen LogP contribution >= 0.6 is 0 Å². The number of benzene rings is 1. The van der Waals surface area contributed by atoms with E-state index >= 15 is 0 Å². The largest absolute Gasteiger partial charge is 0.229 e. The Morgan fingerprint density at radius 1 is 1.30 bits per heavy atom. The van der Waals surface area contributed by atoms with Gasteiger partial charge in [-0.15, -0.1) is 0 Å². The molecule has 0 saturated carbocycles. The Morgan fingerprint density at radius 2 is 2.00 bits per heavy atom. The maximum absolute atomic E-state index is 12.0. The Balaban J connectivity index is 1.94. The van der Waals surface area contributed by atoms with E-state index in [1.54, 1.807) is 12.1 Å². The molecule has 0 bridgehead atoms. The van der Waals surface area contributed by atoms with Gasteiger partial charge in [0, 0.05) is 6.54 Å². The van der Waals surface area contributed by atoms with E-state index in [0.29, 0.717) is 6.42 Å². The monoisotopic (exact) mass is 317 g/mol. The molecule has 1 unspecified atom stereocenters. The van der Waals surface area contributed by atoms with Crippen LogP contribution in [0.25, 0.3) is 0 Å². The minimum Gasteiger partial charge on any atom is -0.229 e. The van der Waals surface area contributed by atoms with Crippen molar-refractivity contribution in [3.05, 3.63) is 35.4 Å². The Bertz CT molecular complexity index is 680. The van der Waals surface area contributed by atoms with Crippen LogP contribution < -0.4 is 4.72 Å². The van der Waals surface area contributed by atoms with Gasteiger partial charge < -0.3 is 0 Å². The zero-order valence-electron chi connectivity index (χ0n) is 11.4. The summed E-state index contributed by atoms with van der Waals surface area (Å²) in [6, 6.07) is 7.33. The zero-order valence-corrected chi connectivity index (χ0v) is 13.0. The van der Waals surface area contributed by atoms with Gasteiger partial charge in [-0.25, -0.2) is 21.6 Å². The summed E-state index contributed by atoms with van der Waals surface area (Å²) in [5, 5.41) is 0. The molecule has 0 amide bonds. The maximum atomic E-state index is 12.0. The van der Waals surface area contributed by atoms with Crippen molar-refractivity contribution in [1.82, 2.24) is 4.72 Å². The molecule has 1 aliphatic rings. The van der Waals surface area contributed by atoms with Crippen molar-refractivity contribution in [1.29, 1.82) is 0 Å². The van der Waals surface area contributed by atoms with Crippen LogP contribution in [0.5, 0.6) is 0 Å². The standard InChI is InChI=1S/C13H19NO4S2/c1-11-4-2-3-5-13(11)10-20(17,18)14-8-12-6-7-19(15,16)9-12/h2-5,12,14H,6-10H2,1H3. The molecule has 2 rings (SSSR count). The Kier molecular flexibility index (Phi) is 4.51. The lowest BCUT2D eigenvalue weighted by Gasteiger charge is -2.11. The van der Waals surface area contributed by atoms with Crippen LogP contribution in [-0.2, 0) is 25.6 Å². The van der Waals surface area contributed by atoms with Gasteiger partial charge in [0.15, 0.2) is 9.84 Å². The Labute approximate surface area is 120 Å². The predicted molar refractivity (Wildman–Crippen MR) is 78.6 cm³/mol. The van der Waals surface area contributed by atoms with E-state index in [-0.39, 0.29) is 29.7 Å². The van der Waals surface area contributed by atoms with Gasteiger partial charge in [0.2, 0.25) is 10.0 Å². The lowest BCUT2D eigenvalue weighted by atomic mass is 10.1. The lowest BCUT2D eigenvalue weighted by molar-refractivity contribution is 0.542. The van der Waals surface area contributed by atoms with Crippen molar-refractivity contribution >= 4 is 19.9 Å². The first-order chi connectivity index (χ1) is 9.27.